The largest absolute Gasteiger partial charge is 0.366 e. The summed E-state index contributed by atoms with van der Waals surface area (Å²) in [6.07, 6.45) is 0. The van der Waals surface area contributed by atoms with Crippen LogP contribution in [0.1, 0.15) is 32.4 Å². The second-order valence-corrected chi connectivity index (χ2v) is 3.86. The van der Waals surface area contributed by atoms with Crippen molar-refractivity contribution in [2.75, 3.05) is 0 Å². The van der Waals surface area contributed by atoms with E-state index in [1.54, 1.807) is 25.1 Å². The van der Waals surface area contributed by atoms with E-state index in [2.05, 4.69) is 15.5 Å². The van der Waals surface area contributed by atoms with Gasteiger partial charge in [-0.25, -0.2) is 0 Å². The molecule has 0 bridgehead atoms. The summed E-state index contributed by atoms with van der Waals surface area (Å²) in [6.45, 7) is 1.81. The van der Waals surface area contributed by atoms with Gasteiger partial charge in [-0.2, -0.15) is 4.98 Å². The number of aryl methyl sites for hydroxylation is 1. The van der Waals surface area contributed by atoms with Crippen LogP contribution in [0.2, 0.25) is 0 Å². The Bertz CT molecular complexity index is 621. The first-order valence-corrected chi connectivity index (χ1v) is 5.53. The first kappa shape index (κ1) is 12.7. The average molecular weight is 260 g/mol. The van der Waals surface area contributed by atoms with Crippen LogP contribution in [0.25, 0.3) is 0 Å². The number of primary amides is 1. The zero-order valence-corrected chi connectivity index (χ0v) is 10.2. The van der Waals surface area contributed by atoms with E-state index in [1.807, 2.05) is 0 Å². The molecule has 98 valence electrons. The minimum absolute atomic E-state index is 0.150. The molecule has 0 radical (unpaired) electrons. The molecular weight excluding hydrogens is 248 g/mol. The average Bonchev–Trinajstić information content (AvgIpc) is 2.82. The van der Waals surface area contributed by atoms with Crippen LogP contribution in [0.5, 0.6) is 0 Å². The third-order valence-electron chi connectivity index (χ3n) is 2.39. The van der Waals surface area contributed by atoms with Gasteiger partial charge in [0.15, 0.2) is 5.82 Å². The summed E-state index contributed by atoms with van der Waals surface area (Å²) in [5.41, 5.74) is 5.77. The van der Waals surface area contributed by atoms with E-state index >= 15 is 0 Å². The molecule has 1 aromatic carbocycles. The highest BCUT2D eigenvalue weighted by molar-refractivity contribution is 5.98. The van der Waals surface area contributed by atoms with Crippen LogP contribution in [-0.4, -0.2) is 22.0 Å². The summed E-state index contributed by atoms with van der Waals surface area (Å²) in [7, 11) is 0. The quantitative estimate of drug-likeness (QED) is 0.826. The van der Waals surface area contributed by atoms with Crippen molar-refractivity contribution < 1.29 is 14.1 Å². The van der Waals surface area contributed by atoms with Crippen molar-refractivity contribution in [1.82, 2.24) is 15.5 Å². The standard InChI is InChI=1S/C12H12N4O3/c1-7-15-10(16-19-7)6-14-12(18)9-4-2-3-8(5-9)11(13)17/h2-5H,6H2,1H3,(H2,13,17)(H,14,18). The fourth-order valence-electron chi connectivity index (χ4n) is 1.49. The highest BCUT2D eigenvalue weighted by atomic mass is 16.5. The van der Waals surface area contributed by atoms with E-state index < -0.39 is 5.91 Å². The summed E-state index contributed by atoms with van der Waals surface area (Å²) < 4.78 is 4.78. The number of rotatable bonds is 4. The van der Waals surface area contributed by atoms with Crippen molar-refractivity contribution in [3.63, 3.8) is 0 Å². The van der Waals surface area contributed by atoms with Crippen LogP contribution in [0.3, 0.4) is 0 Å². The minimum Gasteiger partial charge on any atom is -0.366 e. The molecule has 3 N–H and O–H groups in total. The van der Waals surface area contributed by atoms with E-state index in [1.165, 1.54) is 6.07 Å². The number of hydrogen-bond donors (Lipinski definition) is 2. The zero-order valence-electron chi connectivity index (χ0n) is 10.2. The van der Waals surface area contributed by atoms with Gasteiger partial charge in [-0.05, 0) is 18.2 Å². The summed E-state index contributed by atoms with van der Waals surface area (Å²) >= 11 is 0. The lowest BCUT2D eigenvalue weighted by Crippen LogP contribution is -2.24. The van der Waals surface area contributed by atoms with Crippen LogP contribution in [0.15, 0.2) is 28.8 Å². The van der Waals surface area contributed by atoms with Crippen molar-refractivity contribution in [2.45, 2.75) is 13.5 Å². The lowest BCUT2D eigenvalue weighted by atomic mass is 10.1. The molecule has 7 nitrogen and oxygen atoms in total. The molecule has 1 aromatic heterocycles. The Morgan fingerprint density at radius 3 is 2.74 bits per heavy atom. The Hall–Kier alpha value is -2.70. The summed E-state index contributed by atoms with van der Waals surface area (Å²) in [5.74, 6) is -0.106. The van der Waals surface area contributed by atoms with Gasteiger partial charge in [0.1, 0.15) is 0 Å². The van der Waals surface area contributed by atoms with E-state index in [0.29, 0.717) is 17.3 Å². The van der Waals surface area contributed by atoms with Crippen LogP contribution in [-0.2, 0) is 6.54 Å². The number of nitrogens with two attached hydrogens (primary N) is 1. The Balaban J connectivity index is 2.03. The van der Waals surface area contributed by atoms with Crippen LogP contribution in [0, 0.1) is 6.92 Å². The van der Waals surface area contributed by atoms with Crippen molar-refractivity contribution in [3.8, 4) is 0 Å². The molecule has 0 unspecified atom stereocenters. The molecule has 0 aliphatic rings. The highest BCUT2D eigenvalue weighted by Gasteiger charge is 2.09. The number of carbonyl (C=O) groups excluding carboxylic acids is 2. The van der Waals surface area contributed by atoms with Crippen molar-refractivity contribution in [3.05, 3.63) is 47.1 Å². The Labute approximate surface area is 108 Å². The molecule has 0 fully saturated rings. The predicted molar refractivity (Wildman–Crippen MR) is 65.2 cm³/mol. The summed E-state index contributed by atoms with van der Waals surface area (Å²) in [6, 6.07) is 6.15. The number of nitrogens with one attached hydrogen (secondary N) is 1. The number of aromatic nitrogens is 2. The molecule has 0 aliphatic heterocycles. The monoisotopic (exact) mass is 260 g/mol. The molecule has 0 atom stereocenters. The fourth-order valence-corrected chi connectivity index (χ4v) is 1.49. The lowest BCUT2D eigenvalue weighted by Gasteiger charge is -2.03. The maximum atomic E-state index is 11.9. The number of amides is 2. The van der Waals surface area contributed by atoms with Gasteiger partial charge in [0.2, 0.25) is 11.8 Å². The van der Waals surface area contributed by atoms with Crippen LogP contribution in [0.4, 0.5) is 0 Å². The Kier molecular flexibility index (Phi) is 3.56. The van der Waals surface area contributed by atoms with E-state index in [0.717, 1.165) is 0 Å². The normalized spacial score (nSPS) is 10.2. The van der Waals surface area contributed by atoms with Gasteiger partial charge in [0.05, 0.1) is 6.54 Å². The molecule has 2 rings (SSSR count). The van der Waals surface area contributed by atoms with Gasteiger partial charge in [0, 0.05) is 18.1 Å². The van der Waals surface area contributed by atoms with Gasteiger partial charge in [-0.15, -0.1) is 0 Å². The van der Waals surface area contributed by atoms with E-state index in [-0.39, 0.29) is 18.0 Å². The Morgan fingerprint density at radius 2 is 2.11 bits per heavy atom. The second-order valence-electron chi connectivity index (χ2n) is 3.86. The second kappa shape index (κ2) is 5.30. The highest BCUT2D eigenvalue weighted by Crippen LogP contribution is 2.05. The van der Waals surface area contributed by atoms with Crippen molar-refractivity contribution in [2.24, 2.45) is 5.73 Å². The first-order valence-electron chi connectivity index (χ1n) is 5.53. The maximum Gasteiger partial charge on any atom is 0.251 e. The molecular formula is C12H12N4O3. The zero-order chi connectivity index (χ0) is 13.8. The summed E-state index contributed by atoms with van der Waals surface area (Å²) in [5, 5.41) is 6.27. The molecule has 0 saturated carbocycles. The van der Waals surface area contributed by atoms with Crippen LogP contribution >= 0.6 is 0 Å². The summed E-state index contributed by atoms with van der Waals surface area (Å²) in [4.78, 5) is 26.8. The third kappa shape index (κ3) is 3.15. The van der Waals surface area contributed by atoms with Gasteiger partial charge in [0.25, 0.3) is 5.91 Å². The molecule has 0 spiro atoms. The smallest absolute Gasteiger partial charge is 0.251 e. The van der Waals surface area contributed by atoms with Crippen molar-refractivity contribution in [1.29, 1.82) is 0 Å². The number of nitrogens with zero attached hydrogens (tertiary/aromatic N) is 2. The molecule has 0 aliphatic carbocycles. The topological polar surface area (TPSA) is 111 Å². The first-order chi connectivity index (χ1) is 9.06. The molecule has 1 heterocycles. The van der Waals surface area contributed by atoms with Gasteiger partial charge in [-0.3, -0.25) is 9.59 Å². The van der Waals surface area contributed by atoms with Crippen molar-refractivity contribution >= 4 is 11.8 Å². The number of carbonyl (C=O) groups is 2. The number of benzene rings is 1. The number of hydrogen-bond acceptors (Lipinski definition) is 5. The lowest BCUT2D eigenvalue weighted by molar-refractivity contribution is 0.0949. The van der Waals surface area contributed by atoms with E-state index in [9.17, 15) is 9.59 Å². The molecule has 19 heavy (non-hydrogen) atoms. The third-order valence-corrected chi connectivity index (χ3v) is 2.39. The molecule has 7 heteroatoms. The van der Waals surface area contributed by atoms with Crippen LogP contribution < -0.4 is 11.1 Å². The minimum atomic E-state index is -0.580. The Morgan fingerprint density at radius 1 is 1.37 bits per heavy atom. The van der Waals surface area contributed by atoms with Gasteiger partial charge >= 0.3 is 0 Å². The predicted octanol–water partition coefficient (Wildman–Crippen LogP) is 0.407. The van der Waals surface area contributed by atoms with Gasteiger partial charge in [-0.1, -0.05) is 11.2 Å². The van der Waals surface area contributed by atoms with E-state index in [4.69, 9.17) is 10.3 Å². The SMILES string of the molecule is Cc1nc(CNC(=O)c2cccc(C(N)=O)c2)no1. The fraction of sp³-hybridized carbons (Fsp3) is 0.167. The maximum absolute atomic E-state index is 11.9. The van der Waals surface area contributed by atoms with Gasteiger partial charge < -0.3 is 15.6 Å². The molecule has 0 saturated heterocycles. The molecule has 2 amide bonds. The molecule has 2 aromatic rings.